The molecule has 1 unspecified atom stereocenters. The van der Waals surface area contributed by atoms with Crippen LogP contribution in [-0.2, 0) is 6.54 Å². The van der Waals surface area contributed by atoms with Gasteiger partial charge in [-0.1, -0.05) is 13.0 Å². The number of aliphatic hydroxyl groups is 1. The Bertz CT molecular complexity index is 251. The van der Waals surface area contributed by atoms with Crippen LogP contribution < -0.4 is 5.32 Å². The Morgan fingerprint density at radius 2 is 2.40 bits per heavy atom. The molecule has 0 amide bonds. The lowest BCUT2D eigenvalue weighted by Crippen LogP contribution is -2.16. The van der Waals surface area contributed by atoms with Gasteiger partial charge in [-0.15, -0.1) is 0 Å². The molecular weight excluding hydrogens is 188 g/mol. The molecule has 1 aromatic heterocycles. The highest BCUT2D eigenvalue weighted by Crippen LogP contribution is 2.03. The molecule has 0 aliphatic rings. The summed E-state index contributed by atoms with van der Waals surface area (Å²) >= 11 is 0. The highest BCUT2D eigenvalue weighted by molar-refractivity contribution is 5.07. The molecule has 0 aromatic carbocycles. The molecule has 0 radical (unpaired) electrons. The first-order valence-corrected chi connectivity index (χ1v) is 5.53. The van der Waals surface area contributed by atoms with Crippen molar-refractivity contribution in [2.75, 3.05) is 13.2 Å². The van der Waals surface area contributed by atoms with Gasteiger partial charge in [0.2, 0.25) is 0 Å². The van der Waals surface area contributed by atoms with Crippen molar-refractivity contribution in [1.29, 1.82) is 0 Å². The fraction of sp³-hybridized carbons (Fsp3) is 0.583. The number of nitrogens with one attached hydrogen (secondary N) is 1. The van der Waals surface area contributed by atoms with Gasteiger partial charge in [0, 0.05) is 25.5 Å². The lowest BCUT2D eigenvalue weighted by atomic mass is 10.1. The summed E-state index contributed by atoms with van der Waals surface area (Å²) in [6, 6.07) is 4.02. The van der Waals surface area contributed by atoms with E-state index in [1.54, 1.807) is 6.20 Å². The SMILES string of the molecule is CC(CO)CCCNCc1cccnc1. The number of aliphatic hydroxyl groups excluding tert-OH is 1. The third kappa shape index (κ3) is 5.50. The van der Waals surface area contributed by atoms with E-state index in [9.17, 15) is 0 Å². The van der Waals surface area contributed by atoms with Crippen molar-refractivity contribution in [3.63, 3.8) is 0 Å². The van der Waals surface area contributed by atoms with Crippen molar-refractivity contribution in [3.05, 3.63) is 30.1 Å². The normalized spacial score (nSPS) is 12.7. The molecule has 0 saturated heterocycles. The third-order valence-corrected chi connectivity index (χ3v) is 2.41. The van der Waals surface area contributed by atoms with Gasteiger partial charge < -0.3 is 10.4 Å². The molecule has 15 heavy (non-hydrogen) atoms. The highest BCUT2D eigenvalue weighted by atomic mass is 16.3. The number of hydrogen-bond donors (Lipinski definition) is 2. The van der Waals surface area contributed by atoms with Crippen LogP contribution in [0, 0.1) is 5.92 Å². The minimum atomic E-state index is 0.294. The maximum Gasteiger partial charge on any atom is 0.0456 e. The van der Waals surface area contributed by atoms with E-state index in [1.165, 1.54) is 5.56 Å². The summed E-state index contributed by atoms with van der Waals surface area (Å²) in [4.78, 5) is 4.05. The fourth-order valence-electron chi connectivity index (χ4n) is 1.40. The first kappa shape index (κ1) is 12.1. The highest BCUT2D eigenvalue weighted by Gasteiger charge is 1.98. The average molecular weight is 208 g/mol. The van der Waals surface area contributed by atoms with E-state index < -0.39 is 0 Å². The predicted molar refractivity (Wildman–Crippen MR) is 61.4 cm³/mol. The molecule has 3 nitrogen and oxygen atoms in total. The molecule has 0 spiro atoms. The first-order chi connectivity index (χ1) is 7.33. The molecule has 2 N–H and O–H groups in total. The van der Waals surface area contributed by atoms with Gasteiger partial charge in [0.05, 0.1) is 0 Å². The van der Waals surface area contributed by atoms with Crippen LogP contribution in [0.3, 0.4) is 0 Å². The second-order valence-corrected chi connectivity index (χ2v) is 3.97. The number of rotatable bonds is 7. The van der Waals surface area contributed by atoms with Gasteiger partial charge in [0.25, 0.3) is 0 Å². The molecule has 0 aliphatic heterocycles. The molecule has 1 rings (SSSR count). The van der Waals surface area contributed by atoms with Crippen molar-refractivity contribution < 1.29 is 5.11 Å². The molecule has 0 aliphatic carbocycles. The van der Waals surface area contributed by atoms with E-state index in [4.69, 9.17) is 5.11 Å². The monoisotopic (exact) mass is 208 g/mol. The van der Waals surface area contributed by atoms with Gasteiger partial charge >= 0.3 is 0 Å². The summed E-state index contributed by atoms with van der Waals surface area (Å²) in [6.45, 7) is 4.24. The summed E-state index contributed by atoms with van der Waals surface area (Å²) in [5, 5.41) is 12.2. The maximum absolute atomic E-state index is 8.84. The van der Waals surface area contributed by atoms with E-state index in [0.29, 0.717) is 12.5 Å². The van der Waals surface area contributed by atoms with Gasteiger partial charge in [-0.05, 0) is 36.9 Å². The summed E-state index contributed by atoms with van der Waals surface area (Å²) in [5.41, 5.74) is 1.22. The number of hydrogen-bond acceptors (Lipinski definition) is 3. The Labute approximate surface area is 91.5 Å². The molecule has 1 heterocycles. The average Bonchev–Trinajstić information content (AvgIpc) is 2.29. The van der Waals surface area contributed by atoms with Crippen LogP contribution in [0.15, 0.2) is 24.5 Å². The van der Waals surface area contributed by atoms with Crippen LogP contribution in [0.25, 0.3) is 0 Å². The van der Waals surface area contributed by atoms with Gasteiger partial charge in [-0.3, -0.25) is 4.98 Å². The Morgan fingerprint density at radius 1 is 1.53 bits per heavy atom. The molecule has 1 aromatic rings. The first-order valence-electron chi connectivity index (χ1n) is 5.53. The maximum atomic E-state index is 8.84. The lowest BCUT2D eigenvalue weighted by Gasteiger charge is -2.08. The Hall–Kier alpha value is -0.930. The number of pyridine rings is 1. The summed E-state index contributed by atoms with van der Waals surface area (Å²) < 4.78 is 0. The molecule has 0 bridgehead atoms. The van der Waals surface area contributed by atoms with Crippen molar-refractivity contribution in [3.8, 4) is 0 Å². The topological polar surface area (TPSA) is 45.1 Å². The molecule has 84 valence electrons. The van der Waals surface area contributed by atoms with E-state index in [1.807, 2.05) is 12.3 Å². The molecular formula is C12H20N2O. The van der Waals surface area contributed by atoms with Gasteiger partial charge in [0.15, 0.2) is 0 Å². The predicted octanol–water partition coefficient (Wildman–Crippen LogP) is 1.58. The van der Waals surface area contributed by atoms with E-state index in [0.717, 1.165) is 25.9 Å². The van der Waals surface area contributed by atoms with Gasteiger partial charge in [0.1, 0.15) is 0 Å². The second kappa shape index (κ2) is 7.37. The summed E-state index contributed by atoms with van der Waals surface area (Å²) in [7, 11) is 0. The molecule has 0 saturated carbocycles. The van der Waals surface area contributed by atoms with Crippen LogP contribution in [0.2, 0.25) is 0 Å². The largest absolute Gasteiger partial charge is 0.396 e. The Kier molecular flexibility index (Phi) is 5.97. The minimum Gasteiger partial charge on any atom is -0.396 e. The molecule has 0 fully saturated rings. The van der Waals surface area contributed by atoms with Crippen molar-refractivity contribution >= 4 is 0 Å². The standard InChI is InChI=1S/C12H20N2O/c1-11(10-15)4-2-6-13-8-12-5-3-7-14-9-12/h3,5,7,9,11,13,15H,2,4,6,8,10H2,1H3. The van der Waals surface area contributed by atoms with Crippen LogP contribution in [0.1, 0.15) is 25.3 Å². The third-order valence-electron chi connectivity index (χ3n) is 2.41. The zero-order valence-corrected chi connectivity index (χ0v) is 9.32. The molecule has 3 heteroatoms. The quantitative estimate of drug-likeness (QED) is 0.669. The van der Waals surface area contributed by atoms with Crippen LogP contribution >= 0.6 is 0 Å². The summed E-state index contributed by atoms with van der Waals surface area (Å²) in [6.07, 6.45) is 5.86. The van der Waals surface area contributed by atoms with E-state index in [2.05, 4.69) is 23.3 Å². The smallest absolute Gasteiger partial charge is 0.0456 e. The molecule has 1 atom stereocenters. The van der Waals surface area contributed by atoms with E-state index in [-0.39, 0.29) is 0 Å². The zero-order valence-electron chi connectivity index (χ0n) is 9.32. The van der Waals surface area contributed by atoms with Gasteiger partial charge in [-0.25, -0.2) is 0 Å². The van der Waals surface area contributed by atoms with Crippen molar-refractivity contribution in [1.82, 2.24) is 10.3 Å². The van der Waals surface area contributed by atoms with Crippen LogP contribution in [0.5, 0.6) is 0 Å². The lowest BCUT2D eigenvalue weighted by molar-refractivity contribution is 0.228. The minimum absolute atomic E-state index is 0.294. The number of nitrogens with zero attached hydrogens (tertiary/aromatic N) is 1. The van der Waals surface area contributed by atoms with Crippen LogP contribution in [-0.4, -0.2) is 23.2 Å². The Morgan fingerprint density at radius 3 is 3.07 bits per heavy atom. The second-order valence-electron chi connectivity index (χ2n) is 3.97. The summed E-state index contributed by atoms with van der Waals surface area (Å²) in [5.74, 6) is 0.421. The zero-order chi connectivity index (χ0) is 10.9. The van der Waals surface area contributed by atoms with Gasteiger partial charge in [-0.2, -0.15) is 0 Å². The number of aromatic nitrogens is 1. The van der Waals surface area contributed by atoms with Crippen molar-refractivity contribution in [2.24, 2.45) is 5.92 Å². The van der Waals surface area contributed by atoms with E-state index >= 15 is 0 Å². The van der Waals surface area contributed by atoms with Crippen LogP contribution in [0.4, 0.5) is 0 Å². The van der Waals surface area contributed by atoms with Crippen molar-refractivity contribution in [2.45, 2.75) is 26.3 Å². The Balaban J connectivity index is 2.03. The fourth-order valence-corrected chi connectivity index (χ4v) is 1.40.